The number of hydrogen-bond acceptors (Lipinski definition) is 4. The number of sulfonamides is 1. The molecule has 0 bridgehead atoms. The fourth-order valence-corrected chi connectivity index (χ4v) is 3.38. The molecule has 3 N–H and O–H groups in total. The number of hydrogen-bond donors (Lipinski definition) is 3. The summed E-state index contributed by atoms with van der Waals surface area (Å²) >= 11 is 0. The molecule has 10 heteroatoms. The van der Waals surface area contributed by atoms with Gasteiger partial charge in [-0.1, -0.05) is 0 Å². The summed E-state index contributed by atoms with van der Waals surface area (Å²) in [6.07, 6.45) is -3.82. The lowest BCUT2D eigenvalue weighted by Gasteiger charge is -2.12. The summed E-state index contributed by atoms with van der Waals surface area (Å²) < 4.78 is 62.9. The molecule has 0 aliphatic carbocycles. The Bertz CT molecular complexity index is 653. The molecular formula is C13H16F3N3O3S. The molecule has 1 heterocycles. The molecule has 2 rings (SSSR count). The van der Waals surface area contributed by atoms with Crippen LogP contribution in [-0.2, 0) is 10.0 Å². The zero-order chi connectivity index (χ0) is 17.1. The summed E-state index contributed by atoms with van der Waals surface area (Å²) in [5.41, 5.74) is -0.0456. The third kappa shape index (κ3) is 5.19. The van der Waals surface area contributed by atoms with E-state index in [1.165, 1.54) is 24.3 Å². The normalized spacial score (nSPS) is 18.8. The summed E-state index contributed by atoms with van der Waals surface area (Å²) in [4.78, 5) is 11.5. The van der Waals surface area contributed by atoms with Crippen LogP contribution in [0.3, 0.4) is 0 Å². The Morgan fingerprint density at radius 1 is 1.26 bits per heavy atom. The zero-order valence-corrected chi connectivity index (χ0v) is 12.8. The van der Waals surface area contributed by atoms with Gasteiger partial charge in [0.25, 0.3) is 5.91 Å². The van der Waals surface area contributed by atoms with Crippen LogP contribution in [0.15, 0.2) is 29.2 Å². The van der Waals surface area contributed by atoms with Gasteiger partial charge in [-0.2, -0.15) is 13.2 Å². The van der Waals surface area contributed by atoms with Crippen molar-refractivity contribution in [2.45, 2.75) is 23.5 Å². The average Bonchev–Trinajstić information content (AvgIpc) is 2.96. The fourth-order valence-electron chi connectivity index (χ4n) is 2.11. The van der Waals surface area contributed by atoms with Crippen molar-refractivity contribution in [3.8, 4) is 0 Å². The number of halogens is 3. The maximum Gasteiger partial charge on any atom is 0.405 e. The molecule has 6 nitrogen and oxygen atoms in total. The van der Waals surface area contributed by atoms with Crippen molar-refractivity contribution >= 4 is 15.9 Å². The monoisotopic (exact) mass is 351 g/mol. The van der Waals surface area contributed by atoms with Gasteiger partial charge in [0.15, 0.2) is 0 Å². The molecule has 1 aliphatic rings. The van der Waals surface area contributed by atoms with Crippen molar-refractivity contribution in [2.24, 2.45) is 0 Å². The number of alkyl halides is 3. The van der Waals surface area contributed by atoms with Crippen molar-refractivity contribution < 1.29 is 26.4 Å². The van der Waals surface area contributed by atoms with Crippen molar-refractivity contribution in [2.75, 3.05) is 19.6 Å². The van der Waals surface area contributed by atoms with Gasteiger partial charge in [-0.05, 0) is 37.2 Å². The number of benzene rings is 1. The lowest BCUT2D eigenvalue weighted by molar-refractivity contribution is -0.123. The molecule has 0 radical (unpaired) electrons. The molecule has 0 saturated carbocycles. The number of carbonyl (C=O) groups is 1. The molecule has 0 aromatic heterocycles. The maximum absolute atomic E-state index is 12.1. The first-order valence-electron chi connectivity index (χ1n) is 6.85. The van der Waals surface area contributed by atoms with Crippen molar-refractivity contribution in [3.05, 3.63) is 29.8 Å². The quantitative estimate of drug-likeness (QED) is 0.726. The highest BCUT2D eigenvalue weighted by molar-refractivity contribution is 7.89. The Kier molecular flexibility index (Phi) is 5.27. The van der Waals surface area contributed by atoms with Gasteiger partial charge in [-0.25, -0.2) is 13.1 Å². The van der Waals surface area contributed by atoms with Crippen molar-refractivity contribution in [3.63, 3.8) is 0 Å². The molecular weight excluding hydrogens is 335 g/mol. The Morgan fingerprint density at radius 2 is 1.91 bits per heavy atom. The molecule has 23 heavy (non-hydrogen) atoms. The maximum atomic E-state index is 12.1. The standard InChI is InChI=1S/C13H16F3N3O3S/c14-13(15,16)8-18-12(20)9-1-3-11(4-2-9)23(21,22)19-10-5-6-17-7-10/h1-4,10,17,19H,5-8H2,(H,18,20). The van der Waals surface area contributed by atoms with E-state index in [9.17, 15) is 26.4 Å². The summed E-state index contributed by atoms with van der Waals surface area (Å²) in [6, 6.07) is 4.52. The van der Waals surface area contributed by atoms with E-state index in [0.29, 0.717) is 13.0 Å². The van der Waals surface area contributed by atoms with Gasteiger partial charge in [0, 0.05) is 18.2 Å². The van der Waals surface area contributed by atoms with Gasteiger partial charge >= 0.3 is 6.18 Å². The van der Waals surface area contributed by atoms with Gasteiger partial charge in [0.1, 0.15) is 6.54 Å². The van der Waals surface area contributed by atoms with Gasteiger partial charge < -0.3 is 10.6 Å². The predicted molar refractivity (Wildman–Crippen MR) is 76.4 cm³/mol. The van der Waals surface area contributed by atoms with Crippen LogP contribution < -0.4 is 15.4 Å². The predicted octanol–water partition coefficient (Wildman–Crippen LogP) is 0.619. The lowest BCUT2D eigenvalue weighted by Crippen LogP contribution is -2.36. The molecule has 1 fully saturated rings. The molecule has 1 aromatic rings. The second-order valence-corrected chi connectivity index (χ2v) is 6.85. The van der Waals surface area contributed by atoms with Crippen LogP contribution in [0.5, 0.6) is 0 Å². The first-order chi connectivity index (χ1) is 10.7. The Morgan fingerprint density at radius 3 is 2.43 bits per heavy atom. The van der Waals surface area contributed by atoms with Crippen LogP contribution >= 0.6 is 0 Å². The van der Waals surface area contributed by atoms with Gasteiger partial charge in [0.2, 0.25) is 10.0 Å². The van der Waals surface area contributed by atoms with Crippen LogP contribution in [-0.4, -0.2) is 46.2 Å². The van der Waals surface area contributed by atoms with E-state index in [1.54, 1.807) is 5.32 Å². The SMILES string of the molecule is O=C(NCC(F)(F)F)c1ccc(S(=O)(=O)NC2CCNC2)cc1. The molecule has 1 aliphatic heterocycles. The molecule has 1 amide bonds. The van der Waals surface area contributed by atoms with Crippen LogP contribution in [0.1, 0.15) is 16.8 Å². The Labute approximate surface area is 131 Å². The van der Waals surface area contributed by atoms with E-state index in [2.05, 4.69) is 10.0 Å². The van der Waals surface area contributed by atoms with E-state index in [-0.39, 0.29) is 16.5 Å². The molecule has 1 unspecified atom stereocenters. The highest BCUT2D eigenvalue weighted by Gasteiger charge is 2.28. The average molecular weight is 351 g/mol. The number of carbonyl (C=O) groups excluding carboxylic acids is 1. The van der Waals surface area contributed by atoms with Crippen LogP contribution in [0, 0.1) is 0 Å². The van der Waals surface area contributed by atoms with E-state index in [0.717, 1.165) is 6.54 Å². The first kappa shape index (κ1) is 17.7. The second kappa shape index (κ2) is 6.85. The lowest BCUT2D eigenvalue weighted by atomic mass is 10.2. The number of amides is 1. The first-order valence-corrected chi connectivity index (χ1v) is 8.34. The Balaban J connectivity index is 2.02. The highest BCUT2D eigenvalue weighted by atomic mass is 32.2. The topological polar surface area (TPSA) is 87.3 Å². The summed E-state index contributed by atoms with van der Waals surface area (Å²) in [5, 5.41) is 4.74. The number of nitrogens with one attached hydrogen (secondary N) is 3. The van der Waals surface area contributed by atoms with E-state index in [1.807, 2.05) is 0 Å². The van der Waals surface area contributed by atoms with E-state index < -0.39 is 28.7 Å². The van der Waals surface area contributed by atoms with Crippen LogP contribution in [0.2, 0.25) is 0 Å². The highest BCUT2D eigenvalue weighted by Crippen LogP contribution is 2.14. The molecule has 128 valence electrons. The third-order valence-electron chi connectivity index (χ3n) is 3.26. The molecule has 0 spiro atoms. The third-order valence-corrected chi connectivity index (χ3v) is 4.79. The minimum Gasteiger partial charge on any atom is -0.343 e. The Hall–Kier alpha value is -1.65. The largest absolute Gasteiger partial charge is 0.405 e. The summed E-state index contributed by atoms with van der Waals surface area (Å²) in [7, 11) is -3.72. The minimum absolute atomic E-state index is 0.0447. The second-order valence-electron chi connectivity index (χ2n) is 5.13. The fraction of sp³-hybridized carbons (Fsp3) is 0.462. The van der Waals surface area contributed by atoms with Gasteiger partial charge in [-0.3, -0.25) is 4.79 Å². The zero-order valence-electron chi connectivity index (χ0n) is 12.0. The molecule has 1 atom stereocenters. The number of rotatable bonds is 5. The van der Waals surface area contributed by atoms with E-state index >= 15 is 0 Å². The smallest absolute Gasteiger partial charge is 0.343 e. The minimum atomic E-state index is -4.50. The summed E-state index contributed by atoms with van der Waals surface area (Å²) in [6.45, 7) is -0.176. The molecule has 1 saturated heterocycles. The van der Waals surface area contributed by atoms with Crippen LogP contribution in [0.25, 0.3) is 0 Å². The van der Waals surface area contributed by atoms with Gasteiger partial charge in [-0.15, -0.1) is 0 Å². The molecule has 1 aromatic carbocycles. The van der Waals surface area contributed by atoms with E-state index in [4.69, 9.17) is 0 Å². The van der Waals surface area contributed by atoms with Crippen molar-refractivity contribution in [1.82, 2.24) is 15.4 Å². The van der Waals surface area contributed by atoms with Crippen LogP contribution in [0.4, 0.5) is 13.2 Å². The van der Waals surface area contributed by atoms with Gasteiger partial charge in [0.05, 0.1) is 4.90 Å². The van der Waals surface area contributed by atoms with Crippen molar-refractivity contribution in [1.29, 1.82) is 0 Å². The summed E-state index contributed by atoms with van der Waals surface area (Å²) in [5.74, 6) is -0.917.